The van der Waals surface area contributed by atoms with Crippen molar-refractivity contribution < 1.29 is 4.79 Å². The van der Waals surface area contributed by atoms with Gasteiger partial charge in [-0.15, -0.1) is 11.3 Å². The van der Waals surface area contributed by atoms with Crippen molar-refractivity contribution in [2.45, 2.75) is 39.7 Å². The highest BCUT2D eigenvalue weighted by Gasteiger charge is 2.19. The van der Waals surface area contributed by atoms with Gasteiger partial charge in [-0.25, -0.2) is 4.98 Å². The number of hydrogen-bond acceptors (Lipinski definition) is 4. The standard InChI is InChI=1S/C14H19N3OS/c1-4-9(5-2)17-13(18)12-11(15)10-8(3)6-7-16-14(10)19-12/h6-7,9H,4-5,15H2,1-3H3,(H,17,18). The molecule has 2 heterocycles. The van der Waals surface area contributed by atoms with E-state index in [0.29, 0.717) is 10.6 Å². The zero-order valence-electron chi connectivity index (χ0n) is 11.5. The fourth-order valence-electron chi connectivity index (χ4n) is 2.12. The van der Waals surface area contributed by atoms with E-state index >= 15 is 0 Å². The minimum absolute atomic E-state index is 0.0893. The fraction of sp³-hybridized carbons (Fsp3) is 0.429. The van der Waals surface area contributed by atoms with E-state index in [1.54, 1.807) is 6.20 Å². The molecule has 0 spiro atoms. The molecule has 0 aromatic carbocycles. The summed E-state index contributed by atoms with van der Waals surface area (Å²) in [5.74, 6) is -0.0893. The van der Waals surface area contributed by atoms with E-state index in [-0.39, 0.29) is 11.9 Å². The summed E-state index contributed by atoms with van der Waals surface area (Å²) < 4.78 is 0. The van der Waals surface area contributed by atoms with Gasteiger partial charge in [0.05, 0.1) is 5.69 Å². The number of pyridine rings is 1. The van der Waals surface area contributed by atoms with Gasteiger partial charge in [-0.3, -0.25) is 4.79 Å². The van der Waals surface area contributed by atoms with E-state index in [1.807, 2.05) is 13.0 Å². The van der Waals surface area contributed by atoms with E-state index in [1.165, 1.54) is 11.3 Å². The second kappa shape index (κ2) is 5.57. The summed E-state index contributed by atoms with van der Waals surface area (Å²) in [6, 6.07) is 2.11. The number of amides is 1. The van der Waals surface area contributed by atoms with Crippen LogP contribution in [0.25, 0.3) is 10.2 Å². The van der Waals surface area contributed by atoms with Crippen LogP contribution in [0.3, 0.4) is 0 Å². The summed E-state index contributed by atoms with van der Waals surface area (Å²) in [5.41, 5.74) is 7.71. The molecule has 0 fully saturated rings. The molecule has 19 heavy (non-hydrogen) atoms. The first-order valence-electron chi connectivity index (χ1n) is 6.52. The summed E-state index contributed by atoms with van der Waals surface area (Å²) in [6.45, 7) is 6.11. The van der Waals surface area contributed by atoms with Gasteiger partial charge in [-0.05, 0) is 31.4 Å². The molecule has 0 saturated carbocycles. The predicted molar refractivity (Wildman–Crippen MR) is 80.6 cm³/mol. The molecule has 102 valence electrons. The van der Waals surface area contributed by atoms with Crippen molar-refractivity contribution in [2.24, 2.45) is 0 Å². The van der Waals surface area contributed by atoms with E-state index in [4.69, 9.17) is 5.73 Å². The summed E-state index contributed by atoms with van der Waals surface area (Å²) in [5, 5.41) is 3.92. The number of nitrogens with zero attached hydrogens (tertiary/aromatic N) is 1. The zero-order chi connectivity index (χ0) is 14.0. The van der Waals surface area contributed by atoms with Crippen LogP contribution in [0, 0.1) is 6.92 Å². The van der Waals surface area contributed by atoms with Crippen LogP contribution in [0.2, 0.25) is 0 Å². The molecule has 0 aliphatic heterocycles. The monoisotopic (exact) mass is 277 g/mol. The van der Waals surface area contributed by atoms with Gasteiger partial charge in [0, 0.05) is 17.6 Å². The number of aromatic nitrogens is 1. The summed E-state index contributed by atoms with van der Waals surface area (Å²) in [6.07, 6.45) is 3.59. The van der Waals surface area contributed by atoms with E-state index < -0.39 is 0 Å². The van der Waals surface area contributed by atoms with Gasteiger partial charge in [0.2, 0.25) is 0 Å². The summed E-state index contributed by atoms with van der Waals surface area (Å²) in [7, 11) is 0. The normalized spacial score (nSPS) is 11.2. The van der Waals surface area contributed by atoms with E-state index in [0.717, 1.165) is 28.6 Å². The molecule has 2 aromatic heterocycles. The van der Waals surface area contributed by atoms with Crippen molar-refractivity contribution in [1.82, 2.24) is 10.3 Å². The van der Waals surface area contributed by atoms with Gasteiger partial charge in [0.15, 0.2) is 0 Å². The van der Waals surface area contributed by atoms with Gasteiger partial charge in [0.25, 0.3) is 5.91 Å². The van der Waals surface area contributed by atoms with E-state index in [9.17, 15) is 4.79 Å². The van der Waals surface area contributed by atoms with Crippen molar-refractivity contribution in [2.75, 3.05) is 5.73 Å². The molecule has 2 aromatic rings. The number of aryl methyl sites for hydroxylation is 1. The smallest absolute Gasteiger partial charge is 0.263 e. The Kier molecular flexibility index (Phi) is 4.04. The van der Waals surface area contributed by atoms with Crippen LogP contribution in [0.4, 0.5) is 5.69 Å². The van der Waals surface area contributed by atoms with Gasteiger partial charge in [-0.2, -0.15) is 0 Å². The van der Waals surface area contributed by atoms with Crippen molar-refractivity contribution in [3.05, 3.63) is 22.7 Å². The van der Waals surface area contributed by atoms with Crippen molar-refractivity contribution in [3.8, 4) is 0 Å². The lowest BCUT2D eigenvalue weighted by Gasteiger charge is -2.14. The first-order chi connectivity index (χ1) is 9.08. The van der Waals surface area contributed by atoms with Crippen LogP contribution >= 0.6 is 11.3 Å². The molecule has 0 saturated heterocycles. The molecular weight excluding hydrogens is 258 g/mol. The van der Waals surface area contributed by atoms with Crippen LogP contribution in [0.15, 0.2) is 12.3 Å². The minimum atomic E-state index is -0.0893. The second-order valence-electron chi connectivity index (χ2n) is 4.64. The first-order valence-corrected chi connectivity index (χ1v) is 7.34. The number of rotatable bonds is 4. The van der Waals surface area contributed by atoms with Crippen LogP contribution in [-0.2, 0) is 0 Å². The zero-order valence-corrected chi connectivity index (χ0v) is 12.3. The maximum absolute atomic E-state index is 12.3. The summed E-state index contributed by atoms with van der Waals surface area (Å²) in [4.78, 5) is 17.9. The molecule has 0 bridgehead atoms. The number of carbonyl (C=O) groups is 1. The highest BCUT2D eigenvalue weighted by Crippen LogP contribution is 2.34. The molecule has 2 rings (SSSR count). The molecule has 0 atom stereocenters. The molecule has 4 nitrogen and oxygen atoms in total. The Hall–Kier alpha value is -1.62. The Labute approximate surface area is 117 Å². The number of carbonyl (C=O) groups excluding carboxylic acids is 1. The third kappa shape index (κ3) is 2.56. The molecule has 3 N–H and O–H groups in total. The van der Waals surface area contributed by atoms with E-state index in [2.05, 4.69) is 24.1 Å². The third-order valence-corrected chi connectivity index (χ3v) is 4.48. The molecule has 0 aliphatic carbocycles. The molecule has 0 unspecified atom stereocenters. The quantitative estimate of drug-likeness (QED) is 0.902. The third-order valence-electron chi connectivity index (χ3n) is 3.36. The number of nitrogens with two attached hydrogens (primary N) is 1. The fourth-order valence-corrected chi connectivity index (χ4v) is 3.16. The number of anilines is 1. The number of nitrogens with one attached hydrogen (secondary N) is 1. The number of thiophene rings is 1. The van der Waals surface area contributed by atoms with Gasteiger partial charge < -0.3 is 11.1 Å². The van der Waals surface area contributed by atoms with Crippen molar-refractivity contribution >= 4 is 33.1 Å². The van der Waals surface area contributed by atoms with Crippen LogP contribution in [0.1, 0.15) is 41.9 Å². The molecule has 0 aliphatic rings. The largest absolute Gasteiger partial charge is 0.397 e. The second-order valence-corrected chi connectivity index (χ2v) is 5.64. The van der Waals surface area contributed by atoms with Gasteiger partial charge >= 0.3 is 0 Å². The summed E-state index contributed by atoms with van der Waals surface area (Å²) >= 11 is 1.36. The molecular formula is C14H19N3OS. The average Bonchev–Trinajstić information content (AvgIpc) is 2.74. The lowest BCUT2D eigenvalue weighted by atomic mass is 10.1. The Morgan fingerprint density at radius 2 is 2.16 bits per heavy atom. The van der Waals surface area contributed by atoms with Gasteiger partial charge in [-0.1, -0.05) is 13.8 Å². The Morgan fingerprint density at radius 1 is 1.47 bits per heavy atom. The topological polar surface area (TPSA) is 68.0 Å². The SMILES string of the molecule is CCC(CC)NC(=O)c1sc2nccc(C)c2c1N. The van der Waals surface area contributed by atoms with Crippen LogP contribution < -0.4 is 11.1 Å². The lowest BCUT2D eigenvalue weighted by molar-refractivity contribution is 0.0940. The number of fused-ring (bicyclic) bond motifs is 1. The number of hydrogen-bond donors (Lipinski definition) is 2. The van der Waals surface area contributed by atoms with Gasteiger partial charge in [0.1, 0.15) is 9.71 Å². The molecule has 0 radical (unpaired) electrons. The molecule has 1 amide bonds. The average molecular weight is 277 g/mol. The van der Waals surface area contributed by atoms with Crippen LogP contribution in [-0.4, -0.2) is 16.9 Å². The predicted octanol–water partition coefficient (Wildman–Crippen LogP) is 3.11. The Bertz CT molecular complexity index is 602. The minimum Gasteiger partial charge on any atom is -0.397 e. The van der Waals surface area contributed by atoms with Crippen molar-refractivity contribution in [3.63, 3.8) is 0 Å². The number of nitrogen functional groups attached to an aromatic ring is 1. The highest BCUT2D eigenvalue weighted by atomic mass is 32.1. The van der Waals surface area contributed by atoms with Crippen molar-refractivity contribution in [1.29, 1.82) is 0 Å². The maximum atomic E-state index is 12.3. The lowest BCUT2D eigenvalue weighted by Crippen LogP contribution is -2.33. The molecule has 5 heteroatoms. The van der Waals surface area contributed by atoms with Crippen LogP contribution in [0.5, 0.6) is 0 Å². The highest BCUT2D eigenvalue weighted by molar-refractivity contribution is 7.21. The Balaban J connectivity index is 2.38. The first kappa shape index (κ1) is 13.8. The maximum Gasteiger partial charge on any atom is 0.263 e. The Morgan fingerprint density at radius 3 is 2.74 bits per heavy atom.